The summed E-state index contributed by atoms with van der Waals surface area (Å²) in [5.41, 5.74) is 11.1. The van der Waals surface area contributed by atoms with Crippen molar-refractivity contribution in [3.63, 3.8) is 0 Å². The van der Waals surface area contributed by atoms with Gasteiger partial charge in [0.2, 0.25) is 5.69 Å². The van der Waals surface area contributed by atoms with E-state index < -0.39 is 0 Å². The lowest BCUT2D eigenvalue weighted by atomic mass is 9.68. The quantitative estimate of drug-likeness (QED) is 0.243. The number of nitrogens with zero attached hydrogens (tertiary/aromatic N) is 2. The van der Waals surface area contributed by atoms with Gasteiger partial charge in [-0.15, -0.1) is 0 Å². The summed E-state index contributed by atoms with van der Waals surface area (Å²) in [4.78, 5) is 2.37. The van der Waals surface area contributed by atoms with Gasteiger partial charge in [0.15, 0.2) is 11.9 Å². The highest BCUT2D eigenvalue weighted by atomic mass is 15.1. The molecule has 0 amide bonds. The van der Waals surface area contributed by atoms with Gasteiger partial charge in [0, 0.05) is 29.2 Å². The smallest absolute Gasteiger partial charge is 0.218 e. The summed E-state index contributed by atoms with van der Waals surface area (Å²) >= 11 is 0. The summed E-state index contributed by atoms with van der Waals surface area (Å²) in [6.45, 7) is 13.5. The number of benzene rings is 3. The van der Waals surface area contributed by atoms with Gasteiger partial charge in [-0.25, -0.2) is 0 Å². The maximum atomic E-state index is 4.65. The summed E-state index contributed by atoms with van der Waals surface area (Å²) in [5.74, 6) is 0. The van der Waals surface area contributed by atoms with Crippen LogP contribution in [0.25, 0.3) is 17.0 Å². The number of aromatic nitrogens is 1. The molecule has 2 heteroatoms. The van der Waals surface area contributed by atoms with Crippen molar-refractivity contribution in [2.75, 3.05) is 4.90 Å². The molecule has 0 aliphatic carbocycles. The van der Waals surface area contributed by atoms with Crippen LogP contribution in [-0.2, 0) is 5.41 Å². The molecule has 1 unspecified atom stereocenters. The van der Waals surface area contributed by atoms with E-state index in [-0.39, 0.29) is 5.41 Å². The molecule has 1 aliphatic rings. The van der Waals surface area contributed by atoms with Crippen LogP contribution in [0.4, 0.5) is 17.1 Å². The minimum absolute atomic E-state index is 0.0541. The van der Waals surface area contributed by atoms with E-state index in [1.165, 1.54) is 63.5 Å². The van der Waals surface area contributed by atoms with E-state index in [9.17, 15) is 0 Å². The summed E-state index contributed by atoms with van der Waals surface area (Å²) in [7, 11) is 0. The fourth-order valence-corrected chi connectivity index (χ4v) is 5.75. The first-order valence-corrected chi connectivity index (χ1v) is 13.3. The zero-order valence-electron chi connectivity index (χ0n) is 22.1. The molecule has 0 saturated heterocycles. The average Bonchev–Trinajstić information content (AvgIpc) is 2.91. The van der Waals surface area contributed by atoms with Gasteiger partial charge in [0.1, 0.15) is 0 Å². The van der Waals surface area contributed by atoms with Crippen molar-refractivity contribution in [1.29, 1.82) is 0 Å². The van der Waals surface area contributed by atoms with E-state index in [2.05, 4.69) is 135 Å². The molecule has 182 valence electrons. The molecule has 0 bridgehead atoms. The highest BCUT2D eigenvalue weighted by Crippen LogP contribution is 2.49. The van der Waals surface area contributed by atoms with Crippen LogP contribution >= 0.6 is 0 Å². The predicted octanol–water partition coefficient (Wildman–Crippen LogP) is 9.05. The Morgan fingerprint density at radius 1 is 0.778 bits per heavy atom. The van der Waals surface area contributed by atoms with Crippen LogP contribution in [0.5, 0.6) is 0 Å². The Morgan fingerprint density at radius 2 is 1.39 bits per heavy atom. The zero-order chi connectivity index (χ0) is 25.3. The number of allylic oxidation sites excluding steroid dienone is 1. The summed E-state index contributed by atoms with van der Waals surface area (Å²) in [6, 6.07) is 31.2. The third kappa shape index (κ3) is 4.05. The molecule has 36 heavy (non-hydrogen) atoms. The second-order valence-electron chi connectivity index (χ2n) is 10.2. The molecule has 5 rings (SSSR count). The van der Waals surface area contributed by atoms with E-state index in [1.807, 2.05) is 0 Å². The Hall–Kier alpha value is -3.65. The molecule has 0 fully saturated rings. The minimum atomic E-state index is -0.0541. The van der Waals surface area contributed by atoms with E-state index in [4.69, 9.17) is 0 Å². The summed E-state index contributed by atoms with van der Waals surface area (Å²) < 4.78 is 2.33. The molecule has 1 atom stereocenters. The van der Waals surface area contributed by atoms with Crippen LogP contribution < -0.4 is 9.47 Å². The molecule has 0 N–H and O–H groups in total. The molecule has 2 nitrogen and oxygen atoms in total. The topological polar surface area (TPSA) is 7.12 Å². The van der Waals surface area contributed by atoms with Crippen LogP contribution in [0.15, 0.2) is 97.7 Å². The van der Waals surface area contributed by atoms with Crippen LogP contribution in [0.1, 0.15) is 56.2 Å². The molecule has 3 aromatic carbocycles. The monoisotopic (exact) mass is 473 g/mol. The second-order valence-corrected chi connectivity index (χ2v) is 10.2. The first-order chi connectivity index (χ1) is 17.5. The minimum Gasteiger partial charge on any atom is -0.310 e. The molecule has 0 radical (unpaired) electrons. The Bertz CT molecular complexity index is 1340. The van der Waals surface area contributed by atoms with E-state index >= 15 is 0 Å². The number of unbranched alkanes of at least 4 members (excludes halogenated alkanes) is 1. The van der Waals surface area contributed by atoms with E-state index in [0.717, 1.165) is 12.8 Å². The van der Waals surface area contributed by atoms with Crippen LogP contribution in [0.3, 0.4) is 0 Å². The first-order valence-electron chi connectivity index (χ1n) is 13.3. The van der Waals surface area contributed by atoms with Gasteiger partial charge in [-0.1, -0.05) is 68.1 Å². The van der Waals surface area contributed by atoms with Gasteiger partial charge < -0.3 is 4.90 Å². The Morgan fingerprint density at radius 3 is 1.97 bits per heavy atom. The van der Waals surface area contributed by atoms with E-state index in [0.29, 0.717) is 0 Å². The highest BCUT2D eigenvalue weighted by molar-refractivity contribution is 5.82. The maximum absolute atomic E-state index is 4.65. The van der Waals surface area contributed by atoms with Gasteiger partial charge in [0.05, 0.1) is 11.0 Å². The van der Waals surface area contributed by atoms with E-state index in [1.54, 1.807) is 0 Å². The number of hydrogen-bond donors (Lipinski definition) is 0. The first kappa shape index (κ1) is 24.1. The largest absolute Gasteiger partial charge is 0.310 e. The molecule has 1 aliphatic heterocycles. The molecule has 0 saturated carbocycles. The Balaban J connectivity index is 1.73. The number of fused-ring (bicyclic) bond motifs is 3. The van der Waals surface area contributed by atoms with Crippen molar-refractivity contribution in [3.05, 3.63) is 114 Å². The number of aryl methyl sites for hydroxylation is 2. The lowest BCUT2D eigenvalue weighted by molar-refractivity contribution is -0.577. The SMILES string of the molecule is C=C1[n+]2ccccc2-c2cc(N(c3ccc(C)cc3)c3ccc(C)cc3)ccc2C1(CC)CCCC. The lowest BCUT2D eigenvalue weighted by Crippen LogP contribution is -2.48. The number of anilines is 3. The number of pyridine rings is 1. The van der Waals surface area contributed by atoms with Crippen molar-refractivity contribution < 1.29 is 4.57 Å². The number of hydrogen-bond acceptors (Lipinski definition) is 1. The zero-order valence-corrected chi connectivity index (χ0v) is 22.1. The molecular weight excluding hydrogens is 436 g/mol. The highest BCUT2D eigenvalue weighted by Gasteiger charge is 2.46. The fraction of sp³-hybridized carbons (Fsp3) is 0.265. The summed E-state index contributed by atoms with van der Waals surface area (Å²) in [6.07, 6.45) is 6.71. The standard InChI is InChI=1S/C34H37N2/c1-6-8-22-34(7-2)27(5)35-23-10-9-11-33(35)31-24-30(20-21-32(31)34)36(28-16-12-25(3)13-17-28)29-18-14-26(4)15-19-29/h9-21,23-24H,5-8,22H2,1-4H3/q+1. The van der Waals surface area contributed by atoms with Gasteiger partial charge in [-0.3, -0.25) is 0 Å². The molecular formula is C34H37N2+. The average molecular weight is 474 g/mol. The van der Waals surface area contributed by atoms with Crippen LogP contribution in [0.2, 0.25) is 0 Å². The van der Waals surface area contributed by atoms with Gasteiger partial charge >= 0.3 is 0 Å². The van der Waals surface area contributed by atoms with Gasteiger partial charge in [0.25, 0.3) is 0 Å². The van der Waals surface area contributed by atoms with Crippen molar-refractivity contribution in [2.45, 2.75) is 58.8 Å². The molecule has 0 spiro atoms. The Labute approximate surface area is 216 Å². The maximum Gasteiger partial charge on any atom is 0.218 e. The second kappa shape index (κ2) is 9.78. The Kier molecular flexibility index (Phi) is 6.53. The van der Waals surface area contributed by atoms with Crippen molar-refractivity contribution in [3.8, 4) is 11.3 Å². The fourth-order valence-electron chi connectivity index (χ4n) is 5.75. The van der Waals surface area contributed by atoms with Crippen molar-refractivity contribution >= 4 is 22.8 Å². The third-order valence-corrected chi connectivity index (χ3v) is 7.90. The van der Waals surface area contributed by atoms with Crippen molar-refractivity contribution in [1.82, 2.24) is 0 Å². The van der Waals surface area contributed by atoms with Crippen LogP contribution in [0, 0.1) is 13.8 Å². The lowest BCUT2D eigenvalue weighted by Gasteiger charge is -2.37. The predicted molar refractivity (Wildman–Crippen MR) is 153 cm³/mol. The molecule has 4 aromatic rings. The van der Waals surface area contributed by atoms with Crippen molar-refractivity contribution in [2.24, 2.45) is 0 Å². The summed E-state index contributed by atoms with van der Waals surface area (Å²) in [5, 5.41) is 0. The van der Waals surface area contributed by atoms with Crippen LogP contribution in [-0.4, -0.2) is 0 Å². The van der Waals surface area contributed by atoms with Gasteiger partial charge in [-0.2, -0.15) is 4.57 Å². The molecule has 2 heterocycles. The third-order valence-electron chi connectivity index (χ3n) is 7.90. The molecule has 1 aromatic heterocycles. The normalized spacial score (nSPS) is 16.4. The van der Waals surface area contributed by atoms with Gasteiger partial charge in [-0.05, 0) is 81.3 Å². The number of rotatable bonds is 7.